The van der Waals surface area contributed by atoms with Crippen molar-refractivity contribution in [1.82, 2.24) is 20.3 Å². The fourth-order valence-electron chi connectivity index (χ4n) is 6.50. The summed E-state index contributed by atoms with van der Waals surface area (Å²) in [6.07, 6.45) is 2.63. The van der Waals surface area contributed by atoms with Crippen LogP contribution < -0.4 is 9.62 Å². The number of benzene rings is 4. The molecular formula is C39H28F3N5O4S. The standard InChI is InChI=1S/C39H28F3N5O4S/c1-43-39(48)37-26-14-23(35(47(2)52(3,49)50)18-36(26)51-38(37)20-10-12-21(40)13-11-20)22-15-33(34-17-25-29(42)7-5-9-31(25)46-34)44-19-27(22)32-16-24-28(41)6-4-8-30(24)45-32/h4-19,45-46H,1-3H3,(H,43,48). The lowest BCUT2D eigenvalue weighted by Crippen LogP contribution is -2.25. The number of halogens is 3. The number of nitrogens with one attached hydrogen (secondary N) is 3. The van der Waals surface area contributed by atoms with Crippen LogP contribution in [-0.2, 0) is 10.0 Å². The first kappa shape index (κ1) is 32.8. The van der Waals surface area contributed by atoms with Gasteiger partial charge in [0.25, 0.3) is 5.91 Å². The molecule has 0 aliphatic rings. The molecule has 260 valence electrons. The minimum Gasteiger partial charge on any atom is -0.455 e. The van der Waals surface area contributed by atoms with Crippen LogP contribution in [-0.4, -0.2) is 49.6 Å². The second-order valence-corrected chi connectivity index (χ2v) is 14.4. The van der Waals surface area contributed by atoms with Gasteiger partial charge in [0, 0.05) is 75.9 Å². The third kappa shape index (κ3) is 5.46. The molecule has 0 aliphatic heterocycles. The van der Waals surface area contributed by atoms with Crippen LogP contribution in [0.2, 0.25) is 0 Å². The number of anilines is 1. The van der Waals surface area contributed by atoms with Gasteiger partial charge < -0.3 is 19.7 Å². The predicted molar refractivity (Wildman–Crippen MR) is 196 cm³/mol. The Morgan fingerprint density at radius 2 is 1.42 bits per heavy atom. The van der Waals surface area contributed by atoms with Gasteiger partial charge in [-0.15, -0.1) is 0 Å². The summed E-state index contributed by atoms with van der Waals surface area (Å²) >= 11 is 0. The number of nitrogens with zero attached hydrogens (tertiary/aromatic N) is 2. The second kappa shape index (κ2) is 12.2. The van der Waals surface area contributed by atoms with Gasteiger partial charge in [0.05, 0.1) is 28.9 Å². The molecule has 0 fully saturated rings. The molecule has 4 aromatic heterocycles. The van der Waals surface area contributed by atoms with E-state index >= 15 is 0 Å². The average Bonchev–Trinajstić information content (AvgIpc) is 3.86. The zero-order valence-electron chi connectivity index (χ0n) is 27.8. The molecule has 9 nitrogen and oxygen atoms in total. The summed E-state index contributed by atoms with van der Waals surface area (Å²) in [7, 11) is -1.02. The number of carbonyl (C=O) groups is 1. The molecule has 3 N–H and O–H groups in total. The molecule has 4 heterocycles. The zero-order chi connectivity index (χ0) is 36.5. The number of aromatic amines is 2. The molecule has 52 heavy (non-hydrogen) atoms. The van der Waals surface area contributed by atoms with Crippen molar-refractivity contribution in [1.29, 1.82) is 0 Å². The predicted octanol–water partition coefficient (Wildman–Crippen LogP) is 8.63. The number of rotatable bonds is 7. The highest BCUT2D eigenvalue weighted by Gasteiger charge is 2.28. The van der Waals surface area contributed by atoms with Crippen LogP contribution in [0.1, 0.15) is 10.4 Å². The highest BCUT2D eigenvalue weighted by atomic mass is 32.2. The van der Waals surface area contributed by atoms with E-state index in [2.05, 4.69) is 15.3 Å². The van der Waals surface area contributed by atoms with E-state index in [4.69, 9.17) is 9.40 Å². The summed E-state index contributed by atoms with van der Waals surface area (Å²) < 4.78 is 77.3. The molecule has 4 aromatic carbocycles. The lowest BCUT2D eigenvalue weighted by Gasteiger charge is -2.22. The maximum Gasteiger partial charge on any atom is 0.255 e. The Bertz CT molecular complexity index is 2840. The van der Waals surface area contributed by atoms with E-state index < -0.39 is 33.4 Å². The van der Waals surface area contributed by atoms with Crippen molar-refractivity contribution in [3.05, 3.63) is 120 Å². The van der Waals surface area contributed by atoms with E-state index in [1.807, 2.05) is 0 Å². The molecule has 1 amide bonds. The zero-order valence-corrected chi connectivity index (χ0v) is 28.6. The van der Waals surface area contributed by atoms with Crippen LogP contribution in [0.4, 0.5) is 18.9 Å². The van der Waals surface area contributed by atoms with Crippen molar-refractivity contribution < 1.29 is 30.8 Å². The van der Waals surface area contributed by atoms with Crippen molar-refractivity contribution in [2.24, 2.45) is 0 Å². The number of furan rings is 1. The Hall–Kier alpha value is -6.34. The number of hydrogen-bond donors (Lipinski definition) is 3. The quantitative estimate of drug-likeness (QED) is 0.152. The molecule has 0 spiro atoms. The lowest BCUT2D eigenvalue weighted by molar-refractivity contribution is 0.0964. The molecule has 0 unspecified atom stereocenters. The molecule has 0 atom stereocenters. The highest BCUT2D eigenvalue weighted by Crippen LogP contribution is 2.45. The topological polar surface area (TPSA) is 124 Å². The van der Waals surface area contributed by atoms with E-state index in [1.165, 1.54) is 56.6 Å². The van der Waals surface area contributed by atoms with Gasteiger partial charge in [-0.25, -0.2) is 21.6 Å². The van der Waals surface area contributed by atoms with Gasteiger partial charge in [-0.05, 0) is 78.4 Å². The minimum absolute atomic E-state index is 0.147. The van der Waals surface area contributed by atoms with E-state index in [0.717, 1.165) is 10.6 Å². The third-order valence-electron chi connectivity index (χ3n) is 9.19. The summed E-state index contributed by atoms with van der Waals surface area (Å²) in [5.74, 6) is -1.67. The molecule has 8 aromatic rings. The van der Waals surface area contributed by atoms with Gasteiger partial charge in [0.15, 0.2) is 0 Å². The largest absolute Gasteiger partial charge is 0.455 e. The first-order chi connectivity index (χ1) is 24.9. The van der Waals surface area contributed by atoms with Crippen LogP contribution in [0, 0.1) is 17.5 Å². The van der Waals surface area contributed by atoms with Crippen LogP contribution in [0.3, 0.4) is 0 Å². The van der Waals surface area contributed by atoms with E-state index in [-0.39, 0.29) is 22.6 Å². The first-order valence-electron chi connectivity index (χ1n) is 16.0. The van der Waals surface area contributed by atoms with E-state index in [9.17, 15) is 26.4 Å². The van der Waals surface area contributed by atoms with Crippen LogP contribution in [0.5, 0.6) is 0 Å². The Balaban J connectivity index is 1.46. The Labute approximate surface area is 294 Å². The minimum atomic E-state index is -3.87. The van der Waals surface area contributed by atoms with Gasteiger partial charge in [-0.1, -0.05) is 12.1 Å². The second-order valence-electron chi connectivity index (χ2n) is 12.4. The van der Waals surface area contributed by atoms with Gasteiger partial charge in [0.1, 0.15) is 28.8 Å². The number of carbonyl (C=O) groups excluding carboxylic acids is 1. The van der Waals surface area contributed by atoms with Gasteiger partial charge in [-0.2, -0.15) is 0 Å². The normalized spacial score (nSPS) is 11.9. The van der Waals surface area contributed by atoms with Crippen molar-refractivity contribution in [2.75, 3.05) is 24.7 Å². The fourth-order valence-corrected chi connectivity index (χ4v) is 7.01. The van der Waals surface area contributed by atoms with Crippen LogP contribution in [0.15, 0.2) is 102 Å². The van der Waals surface area contributed by atoms with E-state index in [1.54, 1.807) is 54.7 Å². The number of aromatic nitrogens is 3. The molecular weight excluding hydrogens is 692 g/mol. The smallest absolute Gasteiger partial charge is 0.255 e. The molecule has 0 saturated carbocycles. The average molecular weight is 720 g/mol. The molecule has 0 saturated heterocycles. The number of fused-ring (bicyclic) bond motifs is 3. The summed E-state index contributed by atoms with van der Waals surface area (Å²) in [4.78, 5) is 24.7. The maximum absolute atomic E-state index is 14.9. The maximum atomic E-state index is 14.9. The van der Waals surface area contributed by atoms with Crippen molar-refractivity contribution >= 4 is 54.4 Å². The number of hydrogen-bond acceptors (Lipinski definition) is 5. The SMILES string of the molecule is CNC(=O)c1c(-c2ccc(F)cc2)oc2cc(N(C)S(C)(=O)=O)c(-c3cc(-c4cc5c(F)cccc5[nH]4)ncc3-c3cc4c(F)cccc4[nH]3)cc12. The Kier molecular flexibility index (Phi) is 7.68. The molecule has 0 bridgehead atoms. The highest BCUT2D eigenvalue weighted by molar-refractivity contribution is 7.92. The van der Waals surface area contributed by atoms with Gasteiger partial charge >= 0.3 is 0 Å². The fraction of sp³-hybridized carbons (Fsp3) is 0.0769. The van der Waals surface area contributed by atoms with Crippen LogP contribution in [0.25, 0.3) is 77.9 Å². The third-order valence-corrected chi connectivity index (χ3v) is 10.4. The Morgan fingerprint density at radius 1 is 0.788 bits per heavy atom. The van der Waals surface area contributed by atoms with Crippen molar-refractivity contribution in [2.45, 2.75) is 0 Å². The number of pyridine rings is 1. The molecule has 0 radical (unpaired) electrons. The van der Waals surface area contributed by atoms with Crippen molar-refractivity contribution in [3.63, 3.8) is 0 Å². The van der Waals surface area contributed by atoms with Gasteiger partial charge in [0.2, 0.25) is 10.0 Å². The molecule has 13 heteroatoms. The lowest BCUT2D eigenvalue weighted by atomic mass is 9.94. The monoisotopic (exact) mass is 719 g/mol. The Morgan fingerprint density at radius 3 is 2.04 bits per heavy atom. The number of sulfonamides is 1. The van der Waals surface area contributed by atoms with Crippen LogP contribution >= 0.6 is 0 Å². The van der Waals surface area contributed by atoms with Gasteiger partial charge in [-0.3, -0.25) is 14.1 Å². The number of H-pyrrole nitrogens is 2. The summed E-state index contributed by atoms with van der Waals surface area (Å²) in [5.41, 5.74) is 4.70. The summed E-state index contributed by atoms with van der Waals surface area (Å²) in [6, 6.07) is 23.0. The van der Waals surface area contributed by atoms with Crippen molar-refractivity contribution in [3.8, 4) is 45.1 Å². The van der Waals surface area contributed by atoms with E-state index in [0.29, 0.717) is 66.5 Å². The summed E-state index contributed by atoms with van der Waals surface area (Å²) in [6.45, 7) is 0. The first-order valence-corrected chi connectivity index (χ1v) is 17.8. The molecule has 0 aliphatic carbocycles. The summed E-state index contributed by atoms with van der Waals surface area (Å²) in [5, 5.41) is 3.68. The molecule has 8 rings (SSSR count). The number of amides is 1.